The number of hydrogen-bond donors (Lipinski definition) is 3. The Labute approximate surface area is 121 Å². The van der Waals surface area contributed by atoms with Crippen LogP contribution in [-0.2, 0) is 6.54 Å². The smallest absolute Gasteiger partial charge is 0.323 e. The van der Waals surface area contributed by atoms with Gasteiger partial charge in [0.25, 0.3) is 0 Å². The van der Waals surface area contributed by atoms with E-state index in [1.54, 1.807) is 18.2 Å². The molecule has 8 heteroatoms. The van der Waals surface area contributed by atoms with Crippen LogP contribution in [0, 0.1) is 5.82 Å². The van der Waals surface area contributed by atoms with Crippen molar-refractivity contribution in [3.05, 3.63) is 35.6 Å². The van der Waals surface area contributed by atoms with E-state index >= 15 is 0 Å². The van der Waals surface area contributed by atoms with Crippen LogP contribution in [0.1, 0.15) is 18.9 Å². The number of nitrogens with zero attached hydrogens (tertiary/aromatic N) is 3. The van der Waals surface area contributed by atoms with Crippen molar-refractivity contribution in [3.8, 4) is 6.01 Å². The molecule has 112 valence electrons. The summed E-state index contributed by atoms with van der Waals surface area (Å²) in [6, 6.07) is 6.63. The maximum absolute atomic E-state index is 13.5. The van der Waals surface area contributed by atoms with E-state index in [1.807, 2.05) is 6.92 Å². The zero-order chi connectivity index (χ0) is 15.1. The molecule has 2 aromatic rings. The lowest BCUT2D eigenvalue weighted by Crippen LogP contribution is -2.15. The fourth-order valence-electron chi connectivity index (χ4n) is 1.57. The molecule has 0 aliphatic heterocycles. The minimum atomic E-state index is -0.293. The third-order valence-corrected chi connectivity index (χ3v) is 2.57. The Balaban J connectivity index is 2.09. The van der Waals surface area contributed by atoms with Crippen molar-refractivity contribution in [1.82, 2.24) is 15.0 Å². The average molecular weight is 292 g/mol. The summed E-state index contributed by atoms with van der Waals surface area (Å²) < 4.78 is 18.9. The van der Waals surface area contributed by atoms with Gasteiger partial charge in [-0.15, -0.1) is 0 Å². The molecule has 0 amide bonds. The van der Waals surface area contributed by atoms with E-state index < -0.39 is 0 Å². The second-order valence-corrected chi connectivity index (χ2v) is 4.20. The quantitative estimate of drug-likeness (QED) is 0.527. The molecule has 0 radical (unpaired) electrons. The number of hydrazine groups is 1. The van der Waals surface area contributed by atoms with Crippen LogP contribution in [0.5, 0.6) is 6.01 Å². The van der Waals surface area contributed by atoms with Gasteiger partial charge in [-0.3, -0.25) is 5.43 Å². The summed E-state index contributed by atoms with van der Waals surface area (Å²) in [5, 5.41) is 2.92. The predicted octanol–water partition coefficient (Wildman–Crippen LogP) is 1.70. The van der Waals surface area contributed by atoms with Gasteiger partial charge in [0.1, 0.15) is 5.82 Å². The van der Waals surface area contributed by atoms with Gasteiger partial charge in [-0.25, -0.2) is 10.2 Å². The van der Waals surface area contributed by atoms with E-state index in [4.69, 9.17) is 10.6 Å². The molecule has 0 unspecified atom stereocenters. The van der Waals surface area contributed by atoms with Crippen molar-refractivity contribution in [2.45, 2.75) is 19.9 Å². The van der Waals surface area contributed by atoms with Gasteiger partial charge in [0.05, 0.1) is 6.61 Å². The first kappa shape index (κ1) is 14.9. The van der Waals surface area contributed by atoms with Gasteiger partial charge >= 0.3 is 6.01 Å². The summed E-state index contributed by atoms with van der Waals surface area (Å²) in [5.41, 5.74) is 2.85. The Bertz CT molecular complexity index is 595. The maximum atomic E-state index is 13.5. The first-order valence-electron chi connectivity index (χ1n) is 6.55. The number of halogens is 1. The molecule has 1 aromatic heterocycles. The van der Waals surface area contributed by atoms with E-state index in [0.717, 1.165) is 6.42 Å². The summed E-state index contributed by atoms with van der Waals surface area (Å²) in [6.45, 7) is 2.70. The van der Waals surface area contributed by atoms with Crippen molar-refractivity contribution in [1.29, 1.82) is 0 Å². The first-order chi connectivity index (χ1) is 10.2. The van der Waals surface area contributed by atoms with E-state index in [0.29, 0.717) is 12.2 Å². The minimum Gasteiger partial charge on any atom is -0.463 e. The highest BCUT2D eigenvalue weighted by Gasteiger charge is 2.07. The van der Waals surface area contributed by atoms with Crippen LogP contribution in [0.15, 0.2) is 24.3 Å². The number of benzene rings is 1. The molecular weight excluding hydrogens is 275 g/mol. The summed E-state index contributed by atoms with van der Waals surface area (Å²) >= 11 is 0. The minimum absolute atomic E-state index is 0.163. The third-order valence-electron chi connectivity index (χ3n) is 2.57. The van der Waals surface area contributed by atoms with Gasteiger partial charge in [0.2, 0.25) is 11.9 Å². The molecule has 7 nitrogen and oxygen atoms in total. The normalized spacial score (nSPS) is 10.2. The average Bonchev–Trinajstić information content (AvgIpc) is 2.52. The zero-order valence-electron chi connectivity index (χ0n) is 11.6. The van der Waals surface area contributed by atoms with Crippen molar-refractivity contribution in [3.63, 3.8) is 0 Å². The maximum Gasteiger partial charge on any atom is 0.323 e. The van der Waals surface area contributed by atoms with Crippen LogP contribution in [0.4, 0.5) is 16.3 Å². The highest BCUT2D eigenvalue weighted by Crippen LogP contribution is 2.13. The topological polar surface area (TPSA) is 98.0 Å². The number of nitrogen functional groups attached to an aromatic ring is 1. The number of aromatic nitrogens is 3. The van der Waals surface area contributed by atoms with Crippen molar-refractivity contribution < 1.29 is 9.13 Å². The Morgan fingerprint density at radius 1 is 1.19 bits per heavy atom. The van der Waals surface area contributed by atoms with Gasteiger partial charge in [0, 0.05) is 12.1 Å². The van der Waals surface area contributed by atoms with Gasteiger partial charge in [0.15, 0.2) is 0 Å². The second kappa shape index (κ2) is 7.34. The zero-order valence-corrected chi connectivity index (χ0v) is 11.6. The molecule has 0 spiro atoms. The van der Waals surface area contributed by atoms with Gasteiger partial charge in [-0.1, -0.05) is 25.1 Å². The van der Waals surface area contributed by atoms with Gasteiger partial charge in [-0.05, 0) is 12.5 Å². The summed E-state index contributed by atoms with van der Waals surface area (Å²) in [6.07, 6.45) is 0.828. The number of nitrogens with two attached hydrogens (primary N) is 1. The molecule has 2 rings (SSSR count). The number of anilines is 2. The summed E-state index contributed by atoms with van der Waals surface area (Å²) in [7, 11) is 0. The van der Waals surface area contributed by atoms with Gasteiger partial charge < -0.3 is 10.1 Å². The van der Waals surface area contributed by atoms with Crippen molar-refractivity contribution >= 4 is 11.9 Å². The Hall–Kier alpha value is -2.48. The van der Waals surface area contributed by atoms with E-state index in [2.05, 4.69) is 25.7 Å². The van der Waals surface area contributed by atoms with E-state index in [1.165, 1.54) is 6.07 Å². The molecule has 21 heavy (non-hydrogen) atoms. The number of nitrogens with one attached hydrogen (secondary N) is 2. The van der Waals surface area contributed by atoms with Gasteiger partial charge in [-0.2, -0.15) is 15.0 Å². The fourth-order valence-corrected chi connectivity index (χ4v) is 1.57. The largest absolute Gasteiger partial charge is 0.463 e. The molecule has 0 atom stereocenters. The standard InChI is InChI=1S/C13H17FN6O/c1-2-7-21-13-18-11(17-12(19-13)20-15)16-8-9-5-3-4-6-10(9)14/h3-6H,2,7-8,15H2,1H3,(H2,16,17,18,19,20). The number of rotatable bonds is 7. The lowest BCUT2D eigenvalue weighted by molar-refractivity contribution is 0.292. The van der Waals surface area contributed by atoms with Crippen molar-refractivity contribution in [2.75, 3.05) is 17.3 Å². The van der Waals surface area contributed by atoms with Crippen LogP contribution in [-0.4, -0.2) is 21.6 Å². The Morgan fingerprint density at radius 3 is 2.67 bits per heavy atom. The van der Waals surface area contributed by atoms with Crippen LogP contribution < -0.4 is 21.3 Å². The molecule has 0 bridgehead atoms. The molecule has 0 saturated carbocycles. The number of hydrogen-bond acceptors (Lipinski definition) is 7. The predicted molar refractivity (Wildman–Crippen MR) is 77.1 cm³/mol. The molecule has 0 saturated heterocycles. The molecule has 0 fully saturated rings. The van der Waals surface area contributed by atoms with Crippen LogP contribution in [0.2, 0.25) is 0 Å². The summed E-state index contributed by atoms with van der Waals surface area (Å²) in [5.74, 6) is 5.44. The lowest BCUT2D eigenvalue weighted by atomic mass is 10.2. The summed E-state index contributed by atoms with van der Waals surface area (Å²) in [4.78, 5) is 12.1. The highest BCUT2D eigenvalue weighted by molar-refractivity contribution is 5.36. The van der Waals surface area contributed by atoms with Crippen LogP contribution >= 0.6 is 0 Å². The van der Waals surface area contributed by atoms with E-state index in [-0.39, 0.29) is 30.3 Å². The van der Waals surface area contributed by atoms with E-state index in [9.17, 15) is 4.39 Å². The lowest BCUT2D eigenvalue weighted by Gasteiger charge is -2.09. The fraction of sp³-hybridized carbons (Fsp3) is 0.308. The third kappa shape index (κ3) is 4.25. The molecule has 0 aliphatic rings. The molecular formula is C13H17FN6O. The molecule has 4 N–H and O–H groups in total. The second-order valence-electron chi connectivity index (χ2n) is 4.20. The van der Waals surface area contributed by atoms with Crippen LogP contribution in [0.3, 0.4) is 0 Å². The van der Waals surface area contributed by atoms with Crippen molar-refractivity contribution in [2.24, 2.45) is 5.84 Å². The SMILES string of the molecule is CCCOc1nc(NN)nc(NCc2ccccc2F)n1. The molecule has 0 aliphatic carbocycles. The molecule has 1 heterocycles. The Kier molecular flexibility index (Phi) is 5.22. The monoisotopic (exact) mass is 292 g/mol. The van der Waals surface area contributed by atoms with Crippen LogP contribution in [0.25, 0.3) is 0 Å². The Morgan fingerprint density at radius 2 is 1.95 bits per heavy atom. The molecule has 1 aromatic carbocycles. The highest BCUT2D eigenvalue weighted by atomic mass is 19.1. The first-order valence-corrected chi connectivity index (χ1v) is 6.55. The number of ether oxygens (including phenoxy) is 1.